The summed E-state index contributed by atoms with van der Waals surface area (Å²) in [5, 5.41) is 21.1. The largest absolute Gasteiger partial charge is 0.507 e. The van der Waals surface area contributed by atoms with Crippen molar-refractivity contribution in [2.45, 2.75) is 6.42 Å². The lowest BCUT2D eigenvalue weighted by Crippen LogP contribution is -2.26. The van der Waals surface area contributed by atoms with Crippen LogP contribution in [0.3, 0.4) is 0 Å². The second-order valence-corrected chi connectivity index (χ2v) is 4.84. The number of phenolic OH excluding ortho intramolecular Hbond substituents is 1. The molecule has 1 aromatic rings. The standard InChI is InChI=1S/C14H15BrN2O3/c1-20-6-2-5-17-14(19)11(9-16)7-10-3-4-13(18)12(15)8-10/h3-4,7-8,18H,2,5-6H2,1H3,(H,17,19). The van der Waals surface area contributed by atoms with E-state index < -0.39 is 5.91 Å². The number of carbonyl (C=O) groups excluding carboxylic acids is 1. The molecule has 6 heteroatoms. The van der Waals surface area contributed by atoms with E-state index in [1.807, 2.05) is 6.07 Å². The van der Waals surface area contributed by atoms with Gasteiger partial charge in [-0.3, -0.25) is 4.79 Å². The summed E-state index contributed by atoms with van der Waals surface area (Å²) in [6.07, 6.45) is 2.15. The molecule has 106 valence electrons. The Morgan fingerprint density at radius 3 is 2.95 bits per heavy atom. The summed E-state index contributed by atoms with van der Waals surface area (Å²) in [4.78, 5) is 11.8. The maximum absolute atomic E-state index is 11.8. The van der Waals surface area contributed by atoms with E-state index in [4.69, 9.17) is 10.00 Å². The molecular formula is C14H15BrN2O3. The number of amides is 1. The summed E-state index contributed by atoms with van der Waals surface area (Å²) in [5.74, 6) is -0.322. The molecule has 20 heavy (non-hydrogen) atoms. The van der Waals surface area contributed by atoms with Gasteiger partial charge in [-0.2, -0.15) is 5.26 Å². The molecule has 0 fully saturated rings. The number of aromatic hydroxyl groups is 1. The smallest absolute Gasteiger partial charge is 0.261 e. The van der Waals surface area contributed by atoms with Gasteiger partial charge in [0.15, 0.2) is 0 Å². The maximum atomic E-state index is 11.8. The lowest BCUT2D eigenvalue weighted by Gasteiger charge is -2.04. The van der Waals surface area contributed by atoms with E-state index in [0.29, 0.717) is 29.6 Å². The molecular weight excluding hydrogens is 324 g/mol. The monoisotopic (exact) mass is 338 g/mol. The van der Waals surface area contributed by atoms with Crippen molar-refractivity contribution in [2.24, 2.45) is 0 Å². The fraction of sp³-hybridized carbons (Fsp3) is 0.286. The molecule has 0 spiro atoms. The van der Waals surface area contributed by atoms with Gasteiger partial charge in [-0.1, -0.05) is 6.07 Å². The van der Waals surface area contributed by atoms with Gasteiger partial charge in [0.2, 0.25) is 0 Å². The Balaban J connectivity index is 2.74. The molecule has 1 aromatic carbocycles. The molecule has 0 atom stereocenters. The summed E-state index contributed by atoms with van der Waals surface area (Å²) in [6.45, 7) is 1.00. The number of hydrogen-bond acceptors (Lipinski definition) is 4. The quantitative estimate of drug-likeness (QED) is 0.473. The van der Waals surface area contributed by atoms with Crippen LogP contribution in [0.2, 0.25) is 0 Å². The van der Waals surface area contributed by atoms with Crippen molar-refractivity contribution in [1.29, 1.82) is 5.26 Å². The molecule has 0 bridgehead atoms. The number of nitrogens with one attached hydrogen (secondary N) is 1. The van der Waals surface area contributed by atoms with Crippen molar-refractivity contribution in [3.8, 4) is 11.8 Å². The first kappa shape index (κ1) is 16.2. The molecule has 1 amide bonds. The number of methoxy groups -OCH3 is 1. The first-order valence-corrected chi connectivity index (χ1v) is 6.75. The molecule has 0 aliphatic carbocycles. The van der Waals surface area contributed by atoms with Gasteiger partial charge in [0.25, 0.3) is 5.91 Å². The molecule has 0 saturated heterocycles. The minimum atomic E-state index is -0.423. The van der Waals surface area contributed by atoms with Crippen LogP contribution in [-0.4, -0.2) is 31.3 Å². The van der Waals surface area contributed by atoms with Crippen molar-refractivity contribution in [1.82, 2.24) is 5.32 Å². The van der Waals surface area contributed by atoms with Crippen LogP contribution in [-0.2, 0) is 9.53 Å². The molecule has 0 saturated carbocycles. The Morgan fingerprint density at radius 1 is 1.60 bits per heavy atom. The molecule has 0 aliphatic heterocycles. The zero-order valence-corrected chi connectivity index (χ0v) is 12.6. The number of phenols is 1. The summed E-state index contributed by atoms with van der Waals surface area (Å²) in [7, 11) is 1.59. The van der Waals surface area contributed by atoms with Gasteiger partial charge in [0, 0.05) is 20.3 Å². The summed E-state index contributed by atoms with van der Waals surface area (Å²) < 4.78 is 5.37. The summed E-state index contributed by atoms with van der Waals surface area (Å²) in [5.41, 5.74) is 0.665. The molecule has 1 rings (SSSR count). The van der Waals surface area contributed by atoms with Crippen LogP contribution < -0.4 is 5.32 Å². The lowest BCUT2D eigenvalue weighted by molar-refractivity contribution is -0.117. The first-order chi connectivity index (χ1) is 9.58. The van der Waals surface area contributed by atoms with E-state index in [-0.39, 0.29) is 11.3 Å². The predicted molar refractivity (Wildman–Crippen MR) is 78.9 cm³/mol. The molecule has 2 N–H and O–H groups in total. The third-order valence-electron chi connectivity index (χ3n) is 2.46. The van der Waals surface area contributed by atoms with Crippen LogP contribution in [0.5, 0.6) is 5.75 Å². The van der Waals surface area contributed by atoms with E-state index in [1.54, 1.807) is 19.2 Å². The van der Waals surface area contributed by atoms with E-state index >= 15 is 0 Å². The van der Waals surface area contributed by atoms with E-state index in [0.717, 1.165) is 0 Å². The minimum Gasteiger partial charge on any atom is -0.507 e. The summed E-state index contributed by atoms with van der Waals surface area (Å²) >= 11 is 3.18. The molecule has 0 unspecified atom stereocenters. The van der Waals surface area contributed by atoms with Crippen molar-refractivity contribution < 1.29 is 14.6 Å². The highest BCUT2D eigenvalue weighted by Gasteiger charge is 2.08. The Kier molecular flexibility index (Phi) is 6.77. The number of hydrogen-bond donors (Lipinski definition) is 2. The SMILES string of the molecule is COCCCNC(=O)C(C#N)=Cc1ccc(O)c(Br)c1. The molecule has 0 aliphatic rings. The maximum Gasteiger partial charge on any atom is 0.261 e. The molecule has 0 heterocycles. The van der Waals surface area contributed by atoms with Crippen LogP contribution in [0.15, 0.2) is 28.2 Å². The normalized spacial score (nSPS) is 10.9. The van der Waals surface area contributed by atoms with E-state index in [2.05, 4.69) is 21.2 Å². The van der Waals surface area contributed by atoms with Gasteiger partial charge in [0.1, 0.15) is 17.4 Å². The van der Waals surface area contributed by atoms with Gasteiger partial charge in [-0.05, 0) is 46.1 Å². The number of rotatable bonds is 6. The van der Waals surface area contributed by atoms with Gasteiger partial charge >= 0.3 is 0 Å². The first-order valence-electron chi connectivity index (χ1n) is 5.96. The predicted octanol–water partition coefficient (Wildman–Crippen LogP) is 2.21. The van der Waals surface area contributed by atoms with Crippen LogP contribution in [0.4, 0.5) is 0 Å². The van der Waals surface area contributed by atoms with Gasteiger partial charge < -0.3 is 15.2 Å². The number of ether oxygens (including phenoxy) is 1. The minimum absolute atomic E-state index is 0.0139. The van der Waals surface area contributed by atoms with E-state index in [1.165, 1.54) is 12.1 Å². The Hall–Kier alpha value is -1.84. The third-order valence-corrected chi connectivity index (χ3v) is 3.09. The zero-order chi connectivity index (χ0) is 15.0. The topological polar surface area (TPSA) is 82.3 Å². The molecule has 5 nitrogen and oxygen atoms in total. The molecule has 0 radical (unpaired) electrons. The number of halogens is 1. The van der Waals surface area contributed by atoms with Crippen molar-refractivity contribution in [2.75, 3.05) is 20.3 Å². The molecule has 0 aromatic heterocycles. The zero-order valence-electron chi connectivity index (χ0n) is 11.0. The highest BCUT2D eigenvalue weighted by atomic mass is 79.9. The number of nitriles is 1. The average molecular weight is 339 g/mol. The van der Waals surface area contributed by atoms with Crippen LogP contribution in [0, 0.1) is 11.3 Å². The van der Waals surface area contributed by atoms with Gasteiger partial charge in [-0.25, -0.2) is 0 Å². The van der Waals surface area contributed by atoms with Crippen molar-refractivity contribution >= 4 is 27.9 Å². The van der Waals surface area contributed by atoms with Crippen LogP contribution >= 0.6 is 15.9 Å². The van der Waals surface area contributed by atoms with Gasteiger partial charge in [0.05, 0.1) is 4.47 Å². The summed E-state index contributed by atoms with van der Waals surface area (Å²) in [6, 6.07) is 6.60. The number of nitrogens with zero attached hydrogens (tertiary/aromatic N) is 1. The Labute approximate surface area is 126 Å². The number of benzene rings is 1. The second kappa shape index (κ2) is 8.35. The Morgan fingerprint density at radius 2 is 2.35 bits per heavy atom. The third kappa shape index (κ3) is 5.03. The fourth-order valence-corrected chi connectivity index (χ4v) is 1.84. The van der Waals surface area contributed by atoms with Crippen molar-refractivity contribution in [3.63, 3.8) is 0 Å². The fourth-order valence-electron chi connectivity index (χ4n) is 1.44. The van der Waals surface area contributed by atoms with Crippen molar-refractivity contribution in [3.05, 3.63) is 33.8 Å². The van der Waals surface area contributed by atoms with Crippen LogP contribution in [0.25, 0.3) is 6.08 Å². The highest BCUT2D eigenvalue weighted by Crippen LogP contribution is 2.25. The van der Waals surface area contributed by atoms with E-state index in [9.17, 15) is 9.90 Å². The van der Waals surface area contributed by atoms with Crippen LogP contribution in [0.1, 0.15) is 12.0 Å². The lowest BCUT2D eigenvalue weighted by atomic mass is 10.1. The van der Waals surface area contributed by atoms with Gasteiger partial charge in [-0.15, -0.1) is 0 Å². The highest BCUT2D eigenvalue weighted by molar-refractivity contribution is 9.10. The Bertz CT molecular complexity index is 550. The number of carbonyl (C=O) groups is 1. The second-order valence-electron chi connectivity index (χ2n) is 3.98. The average Bonchev–Trinajstić information content (AvgIpc) is 2.44.